The number of ether oxygens (including phenoxy) is 2. The fourth-order valence-corrected chi connectivity index (χ4v) is 4.81. The van der Waals surface area contributed by atoms with Gasteiger partial charge in [0.25, 0.3) is 0 Å². The summed E-state index contributed by atoms with van der Waals surface area (Å²) < 4.78 is 24.5. The van der Waals surface area contributed by atoms with Crippen molar-refractivity contribution in [3.8, 4) is 5.75 Å². The molecule has 3 rings (SSSR count). The van der Waals surface area contributed by atoms with Crippen molar-refractivity contribution in [2.75, 3.05) is 39.5 Å². The van der Waals surface area contributed by atoms with Crippen molar-refractivity contribution in [3.63, 3.8) is 0 Å². The second-order valence-corrected chi connectivity index (χ2v) is 9.25. The van der Waals surface area contributed by atoms with Crippen molar-refractivity contribution in [1.82, 2.24) is 9.80 Å². The van der Waals surface area contributed by atoms with Gasteiger partial charge in [0, 0.05) is 30.6 Å². The third kappa shape index (κ3) is 6.51. The van der Waals surface area contributed by atoms with Gasteiger partial charge in [-0.25, -0.2) is 4.39 Å². The molecule has 2 heterocycles. The minimum absolute atomic E-state index is 0.00636. The van der Waals surface area contributed by atoms with Crippen LogP contribution in [0.25, 0.3) is 0 Å². The highest BCUT2D eigenvalue weighted by Gasteiger charge is 2.33. The van der Waals surface area contributed by atoms with E-state index in [1.54, 1.807) is 23.5 Å². The fraction of sp³-hybridized carbons (Fsp3) is 0.542. The Morgan fingerprint density at radius 1 is 1.31 bits per heavy atom. The molecule has 0 spiro atoms. The number of benzene rings is 1. The molecule has 1 aliphatic heterocycles. The second-order valence-electron chi connectivity index (χ2n) is 8.25. The van der Waals surface area contributed by atoms with Gasteiger partial charge >= 0.3 is 0 Å². The summed E-state index contributed by atoms with van der Waals surface area (Å²) in [4.78, 5) is 18.5. The third-order valence-electron chi connectivity index (χ3n) is 5.66. The van der Waals surface area contributed by atoms with Crippen molar-refractivity contribution < 1.29 is 23.8 Å². The van der Waals surface area contributed by atoms with Crippen LogP contribution in [-0.4, -0.2) is 72.4 Å². The molecular formula is C24H33FN2O4S. The molecule has 0 radical (unpaired) electrons. The molecule has 0 saturated heterocycles. The molecule has 0 saturated carbocycles. The van der Waals surface area contributed by atoms with E-state index < -0.39 is 6.10 Å². The summed E-state index contributed by atoms with van der Waals surface area (Å²) in [5, 5.41) is 12.3. The molecule has 1 N–H and O–H groups in total. The molecule has 0 unspecified atom stereocenters. The number of thiophene rings is 1. The molecule has 1 amide bonds. The molecule has 0 bridgehead atoms. The standard InChI is InChI=1S/C24H33FN2O4S/c1-4-30-15-19(28)13-26(17(2)3)14-24(29)27-11-9-23-21(10-12-32-23)22(27)16-31-20-7-5-18(25)6-8-20/h5-8,10,12,17,19,22,28H,4,9,11,13-16H2,1-3H3/t19-,22+/m0/s1. The lowest BCUT2D eigenvalue weighted by atomic mass is 10.00. The summed E-state index contributed by atoms with van der Waals surface area (Å²) in [7, 11) is 0. The number of rotatable bonds is 11. The normalized spacial score (nSPS) is 17.0. The zero-order valence-electron chi connectivity index (χ0n) is 19.0. The van der Waals surface area contributed by atoms with Crippen molar-refractivity contribution in [2.45, 2.75) is 45.4 Å². The highest BCUT2D eigenvalue weighted by Crippen LogP contribution is 2.34. The summed E-state index contributed by atoms with van der Waals surface area (Å²) in [6, 6.07) is 7.88. The van der Waals surface area contributed by atoms with E-state index in [0.717, 1.165) is 12.0 Å². The van der Waals surface area contributed by atoms with Crippen LogP contribution in [0.1, 0.15) is 37.3 Å². The van der Waals surface area contributed by atoms with Crippen LogP contribution < -0.4 is 4.74 Å². The quantitative estimate of drug-likeness (QED) is 0.552. The monoisotopic (exact) mass is 464 g/mol. The molecule has 32 heavy (non-hydrogen) atoms. The van der Waals surface area contributed by atoms with Crippen LogP contribution in [0.2, 0.25) is 0 Å². The first-order valence-corrected chi connectivity index (χ1v) is 12.0. The molecule has 2 atom stereocenters. The molecule has 0 aliphatic carbocycles. The van der Waals surface area contributed by atoms with Gasteiger partial charge in [-0.1, -0.05) is 0 Å². The average molecular weight is 465 g/mol. The number of carbonyl (C=O) groups is 1. The van der Waals surface area contributed by atoms with E-state index in [-0.39, 0.29) is 37.0 Å². The minimum atomic E-state index is -0.646. The molecule has 176 valence electrons. The van der Waals surface area contributed by atoms with E-state index >= 15 is 0 Å². The molecule has 1 aromatic carbocycles. The fourth-order valence-electron chi connectivity index (χ4n) is 3.88. The number of amides is 1. The van der Waals surface area contributed by atoms with Crippen molar-refractivity contribution in [2.24, 2.45) is 0 Å². The SMILES string of the molecule is CCOC[C@@H](O)CN(CC(=O)N1CCc2sccc2[C@H]1COc1ccc(F)cc1)C(C)C. The lowest BCUT2D eigenvalue weighted by molar-refractivity contribution is -0.137. The van der Waals surface area contributed by atoms with E-state index in [9.17, 15) is 14.3 Å². The van der Waals surface area contributed by atoms with Crippen molar-refractivity contribution >= 4 is 17.2 Å². The Labute approximate surface area is 193 Å². The Hall–Kier alpha value is -2.00. The molecule has 1 aliphatic rings. The van der Waals surface area contributed by atoms with Gasteiger partial charge in [0.1, 0.15) is 18.2 Å². The molecule has 1 aromatic heterocycles. The van der Waals surface area contributed by atoms with Crippen LogP contribution in [0.3, 0.4) is 0 Å². The minimum Gasteiger partial charge on any atom is -0.491 e. The number of nitrogens with zero attached hydrogens (tertiary/aromatic N) is 2. The summed E-state index contributed by atoms with van der Waals surface area (Å²) >= 11 is 1.70. The molecule has 0 fully saturated rings. The highest BCUT2D eigenvalue weighted by molar-refractivity contribution is 7.10. The Bertz CT molecular complexity index is 858. The average Bonchev–Trinajstić information content (AvgIpc) is 3.25. The lowest BCUT2D eigenvalue weighted by Crippen LogP contribution is -2.49. The number of aliphatic hydroxyl groups excluding tert-OH is 1. The maximum Gasteiger partial charge on any atom is 0.237 e. The van der Waals surface area contributed by atoms with Gasteiger partial charge in [0.15, 0.2) is 0 Å². The molecular weight excluding hydrogens is 431 g/mol. The van der Waals surface area contributed by atoms with Crippen LogP contribution in [-0.2, 0) is 16.0 Å². The van der Waals surface area contributed by atoms with Crippen LogP contribution in [0.4, 0.5) is 4.39 Å². The van der Waals surface area contributed by atoms with Gasteiger partial charge in [-0.3, -0.25) is 9.69 Å². The zero-order chi connectivity index (χ0) is 23.1. The number of carbonyl (C=O) groups excluding carboxylic acids is 1. The first-order valence-electron chi connectivity index (χ1n) is 11.1. The number of aliphatic hydroxyl groups is 1. The Morgan fingerprint density at radius 2 is 2.06 bits per heavy atom. The summed E-state index contributed by atoms with van der Waals surface area (Å²) in [5.41, 5.74) is 1.11. The first kappa shape index (κ1) is 24.6. The van der Waals surface area contributed by atoms with Gasteiger partial charge in [-0.2, -0.15) is 0 Å². The Balaban J connectivity index is 1.70. The maximum atomic E-state index is 13.4. The predicted molar refractivity (Wildman–Crippen MR) is 124 cm³/mol. The molecule has 2 aromatic rings. The van der Waals surface area contributed by atoms with Gasteiger partial charge < -0.3 is 19.5 Å². The van der Waals surface area contributed by atoms with Crippen molar-refractivity contribution in [3.05, 3.63) is 52.0 Å². The Morgan fingerprint density at radius 3 is 2.75 bits per heavy atom. The number of halogens is 1. The molecule has 8 heteroatoms. The van der Waals surface area contributed by atoms with Gasteiger partial charge in [0.05, 0.1) is 25.3 Å². The van der Waals surface area contributed by atoms with E-state index in [1.165, 1.54) is 17.0 Å². The number of hydrogen-bond donors (Lipinski definition) is 1. The van der Waals surface area contributed by atoms with E-state index in [0.29, 0.717) is 32.1 Å². The summed E-state index contributed by atoms with van der Waals surface area (Å²) in [6.07, 6.45) is 0.174. The largest absolute Gasteiger partial charge is 0.491 e. The lowest BCUT2D eigenvalue weighted by Gasteiger charge is -2.38. The van der Waals surface area contributed by atoms with Crippen LogP contribution in [0, 0.1) is 5.82 Å². The van der Waals surface area contributed by atoms with Gasteiger partial charge in [-0.15, -0.1) is 11.3 Å². The van der Waals surface area contributed by atoms with E-state index in [4.69, 9.17) is 9.47 Å². The molecule has 6 nitrogen and oxygen atoms in total. The third-order valence-corrected chi connectivity index (χ3v) is 6.66. The summed E-state index contributed by atoms with van der Waals surface area (Å²) in [6.45, 7) is 8.23. The first-order chi connectivity index (χ1) is 15.4. The second kappa shape index (κ2) is 11.7. The topological polar surface area (TPSA) is 62.2 Å². The predicted octanol–water partition coefficient (Wildman–Crippen LogP) is 3.50. The van der Waals surface area contributed by atoms with E-state index in [1.807, 2.05) is 36.0 Å². The number of hydrogen-bond acceptors (Lipinski definition) is 6. The van der Waals surface area contributed by atoms with Gasteiger partial charge in [0.2, 0.25) is 5.91 Å². The summed E-state index contributed by atoms with van der Waals surface area (Å²) in [5.74, 6) is 0.267. The zero-order valence-corrected chi connectivity index (χ0v) is 19.8. The smallest absolute Gasteiger partial charge is 0.237 e. The van der Waals surface area contributed by atoms with Crippen LogP contribution in [0.5, 0.6) is 5.75 Å². The maximum absolute atomic E-state index is 13.4. The van der Waals surface area contributed by atoms with Crippen LogP contribution >= 0.6 is 11.3 Å². The van der Waals surface area contributed by atoms with E-state index in [2.05, 4.69) is 6.07 Å². The number of fused-ring (bicyclic) bond motifs is 1. The highest BCUT2D eigenvalue weighted by atomic mass is 32.1. The van der Waals surface area contributed by atoms with Crippen LogP contribution in [0.15, 0.2) is 35.7 Å². The van der Waals surface area contributed by atoms with Gasteiger partial charge in [-0.05, 0) is 68.5 Å². The Kier molecular flexibility index (Phi) is 9.04. The van der Waals surface area contributed by atoms with Crippen molar-refractivity contribution in [1.29, 1.82) is 0 Å².